The first-order valence-electron chi connectivity index (χ1n) is 38.9. The average Bonchev–Trinajstić information content (AvgIpc) is 0.757. The molecule has 1 aromatic heterocycles. The molecule has 0 bridgehead atoms. The van der Waals surface area contributed by atoms with Crippen molar-refractivity contribution in [2.75, 3.05) is 0 Å². The van der Waals surface area contributed by atoms with Crippen molar-refractivity contribution in [3.8, 4) is 0 Å². The Labute approximate surface area is 615 Å². The molecule has 0 radical (unpaired) electrons. The van der Waals surface area contributed by atoms with E-state index in [1.165, 1.54) is 91.6 Å². The van der Waals surface area contributed by atoms with Gasteiger partial charge >= 0.3 is 0 Å². The maximum atomic E-state index is 4.18. The lowest BCUT2D eigenvalue weighted by molar-refractivity contribution is 1.41. The SMILES string of the molecule is CC.CC.CC.CC.CC.CC.CC.CC.CC.CC.CC.CC.CC.CC.CC.c1cc2ccc3cccc4ccc(c1)c2c34.c1ccc2c(c1)ccc1ccccc12.c1ccc2c(c1)ccc1ccccc12.c1ccc2ccccc2c1.c1ccc2ncccc2c1.c1ccccc1. The van der Waals surface area contributed by atoms with Crippen LogP contribution in [0.2, 0.25) is 0 Å². The first-order valence-corrected chi connectivity index (χ1v) is 38.9. The quantitative estimate of drug-likeness (QED) is 0.138. The number of fused-ring (bicyclic) bond motifs is 8. The van der Waals surface area contributed by atoms with Crippen LogP contribution < -0.4 is 0 Å². The Morgan fingerprint density at radius 1 is 0.130 bits per heavy atom. The van der Waals surface area contributed by atoms with E-state index < -0.39 is 0 Å². The predicted molar refractivity (Wildman–Crippen MR) is 475 cm³/mol. The van der Waals surface area contributed by atoms with E-state index in [1.54, 1.807) is 0 Å². The van der Waals surface area contributed by atoms with Crippen LogP contribution in [-0.2, 0) is 0 Å². The molecule has 14 aromatic carbocycles. The summed E-state index contributed by atoms with van der Waals surface area (Å²) in [6.45, 7) is 60.0. The first kappa shape index (κ1) is 102. The monoisotopic (exact) mass is 1340 g/mol. The van der Waals surface area contributed by atoms with Gasteiger partial charge in [-0.25, -0.2) is 0 Å². The Morgan fingerprint density at radius 3 is 0.530 bits per heavy atom. The number of pyridine rings is 1. The van der Waals surface area contributed by atoms with Gasteiger partial charge < -0.3 is 0 Å². The van der Waals surface area contributed by atoms with Gasteiger partial charge in [-0.3, -0.25) is 4.98 Å². The zero-order valence-electron chi connectivity index (χ0n) is 68.9. The summed E-state index contributed by atoms with van der Waals surface area (Å²) in [6, 6.07) is 105. The minimum absolute atomic E-state index is 1.06. The number of rotatable bonds is 0. The van der Waals surface area contributed by atoms with Crippen molar-refractivity contribution < 1.29 is 0 Å². The van der Waals surface area contributed by atoms with E-state index in [0.29, 0.717) is 0 Å². The molecule has 15 aromatic rings. The largest absolute Gasteiger partial charge is 0.256 e. The van der Waals surface area contributed by atoms with Crippen molar-refractivity contribution in [1.29, 1.82) is 0 Å². The van der Waals surface area contributed by atoms with Crippen LogP contribution in [0.15, 0.2) is 310 Å². The van der Waals surface area contributed by atoms with Crippen LogP contribution in [0.5, 0.6) is 0 Å². The second-order valence-electron chi connectivity index (χ2n) is 17.0. The second-order valence-corrected chi connectivity index (χ2v) is 17.0. The van der Waals surface area contributed by atoms with Crippen molar-refractivity contribution in [1.82, 2.24) is 4.98 Å². The van der Waals surface area contributed by atoms with Crippen LogP contribution in [0, 0.1) is 0 Å². The fourth-order valence-corrected chi connectivity index (χ4v) is 9.11. The summed E-state index contributed by atoms with van der Waals surface area (Å²) in [5.74, 6) is 0. The van der Waals surface area contributed by atoms with E-state index in [0.717, 1.165) is 5.52 Å². The van der Waals surface area contributed by atoms with E-state index in [1.807, 2.05) is 275 Å². The molecule has 0 amide bonds. The van der Waals surface area contributed by atoms with Crippen LogP contribution >= 0.6 is 0 Å². The van der Waals surface area contributed by atoms with Crippen molar-refractivity contribution in [3.63, 3.8) is 0 Å². The number of hydrogen-bond donors (Lipinski definition) is 0. The highest BCUT2D eigenvalue weighted by Crippen LogP contribution is 2.34. The smallest absolute Gasteiger partial charge is 0.0701 e. The third kappa shape index (κ3) is 36.6. The molecule has 0 saturated carbocycles. The summed E-state index contributed by atoms with van der Waals surface area (Å²) < 4.78 is 0. The van der Waals surface area contributed by atoms with Gasteiger partial charge in [-0.05, 0) is 98.3 Å². The molecule has 0 atom stereocenters. The third-order valence-electron chi connectivity index (χ3n) is 12.5. The third-order valence-corrected chi connectivity index (χ3v) is 12.5. The molecule has 0 aliphatic rings. The number of para-hydroxylation sites is 1. The second kappa shape index (κ2) is 75.6. The zero-order chi connectivity index (χ0) is 77.2. The van der Waals surface area contributed by atoms with Gasteiger partial charge in [-0.2, -0.15) is 0 Å². The maximum Gasteiger partial charge on any atom is 0.0701 e. The van der Waals surface area contributed by atoms with Crippen LogP contribution in [0.4, 0.5) is 0 Å². The van der Waals surface area contributed by atoms with E-state index >= 15 is 0 Å². The average molecular weight is 1350 g/mol. The molecule has 15 rings (SSSR count). The summed E-state index contributed by atoms with van der Waals surface area (Å²) in [4.78, 5) is 4.18. The molecular formula is C99H141N. The van der Waals surface area contributed by atoms with Crippen molar-refractivity contribution in [2.24, 2.45) is 0 Å². The molecule has 100 heavy (non-hydrogen) atoms. The topological polar surface area (TPSA) is 12.9 Å². The van der Waals surface area contributed by atoms with E-state index in [-0.39, 0.29) is 0 Å². The normalized spacial score (nSPS) is 8.30. The van der Waals surface area contributed by atoms with Gasteiger partial charge in [0.05, 0.1) is 5.52 Å². The van der Waals surface area contributed by atoms with Gasteiger partial charge in [0, 0.05) is 11.6 Å². The van der Waals surface area contributed by atoms with E-state index in [9.17, 15) is 0 Å². The lowest BCUT2D eigenvalue weighted by Crippen LogP contribution is -1.82. The summed E-state index contributed by atoms with van der Waals surface area (Å²) in [5.41, 5.74) is 1.06. The molecule has 0 N–H and O–H groups in total. The predicted octanol–water partition coefficient (Wildman–Crippen LogP) is 34.7. The summed E-state index contributed by atoms with van der Waals surface area (Å²) in [7, 11) is 0. The van der Waals surface area contributed by atoms with Crippen molar-refractivity contribution >= 4 is 97.1 Å². The van der Waals surface area contributed by atoms with Crippen LogP contribution in [-0.4, -0.2) is 4.98 Å². The molecular weight excluding hydrogens is 1200 g/mol. The number of benzene rings is 14. The zero-order valence-corrected chi connectivity index (χ0v) is 68.9. The number of nitrogens with zero attached hydrogens (tertiary/aromatic N) is 1. The van der Waals surface area contributed by atoms with Gasteiger partial charge in [0.1, 0.15) is 0 Å². The molecule has 0 aliphatic heterocycles. The molecule has 0 spiro atoms. The molecule has 542 valence electrons. The Balaban J connectivity index is -0.000000249. The Bertz CT molecular complexity index is 3500. The molecule has 1 heterocycles. The molecule has 1 heteroatoms. The highest BCUT2D eigenvalue weighted by atomic mass is 14.6. The Morgan fingerprint density at radius 2 is 0.300 bits per heavy atom. The fourth-order valence-electron chi connectivity index (χ4n) is 9.11. The lowest BCUT2D eigenvalue weighted by atomic mass is 9.95. The fraction of sp³-hybridized carbons (Fsp3) is 0.303. The van der Waals surface area contributed by atoms with Crippen LogP contribution in [0.1, 0.15) is 208 Å². The van der Waals surface area contributed by atoms with Gasteiger partial charge in [-0.1, -0.05) is 499 Å². The highest BCUT2D eigenvalue weighted by Gasteiger charge is 2.06. The summed E-state index contributed by atoms with van der Waals surface area (Å²) in [5, 5.41) is 22.6. The highest BCUT2D eigenvalue weighted by molar-refractivity contribution is 6.23. The van der Waals surface area contributed by atoms with E-state index in [2.05, 4.69) is 248 Å². The van der Waals surface area contributed by atoms with Crippen LogP contribution in [0.25, 0.3) is 97.1 Å². The number of hydrogen-bond acceptors (Lipinski definition) is 1. The van der Waals surface area contributed by atoms with Gasteiger partial charge in [0.15, 0.2) is 0 Å². The molecule has 0 unspecified atom stereocenters. The molecule has 0 saturated heterocycles. The summed E-state index contributed by atoms with van der Waals surface area (Å²) >= 11 is 0. The number of aromatic nitrogens is 1. The standard InChI is InChI=1S/C16H10.2C14H10.C10H8.C9H7N.C6H6.15C2H6/c1-3-11-7-9-13-5-2-6-14-10-8-12(4-1)15(11)16(13)14;2*1-3-7-13-11(5-1)9-10-12-6-2-4-8-14(12)13;1-2-6-10-8-4-3-7-9(10)5-1;1-2-6-9-8(4-1)5-3-7-10-9;1-2-4-6-5-3-1;15*1-2/h1-10H;2*1-10H;1-8H;1-7H;1-6H;15*1-2H3. The van der Waals surface area contributed by atoms with Gasteiger partial charge in [-0.15, -0.1) is 0 Å². The lowest BCUT2D eigenvalue weighted by Gasteiger charge is -2.09. The molecule has 1 nitrogen and oxygen atoms in total. The van der Waals surface area contributed by atoms with E-state index in [4.69, 9.17) is 0 Å². The Hall–Kier alpha value is -9.17. The Kier molecular flexibility index (Phi) is 77.0. The molecule has 0 aliphatic carbocycles. The van der Waals surface area contributed by atoms with Crippen molar-refractivity contribution in [2.45, 2.75) is 208 Å². The maximum absolute atomic E-state index is 4.18. The molecule has 0 fully saturated rings. The minimum Gasteiger partial charge on any atom is -0.256 e. The van der Waals surface area contributed by atoms with Gasteiger partial charge in [0.25, 0.3) is 0 Å². The van der Waals surface area contributed by atoms with Crippen LogP contribution in [0.3, 0.4) is 0 Å². The first-order chi connectivity index (χ1) is 49.8. The summed E-state index contributed by atoms with van der Waals surface area (Å²) in [6.07, 6.45) is 1.81. The van der Waals surface area contributed by atoms with Gasteiger partial charge in [0.2, 0.25) is 0 Å². The van der Waals surface area contributed by atoms with Crippen molar-refractivity contribution in [3.05, 3.63) is 310 Å². The minimum atomic E-state index is 1.06.